The van der Waals surface area contributed by atoms with E-state index < -0.39 is 0 Å². The van der Waals surface area contributed by atoms with Crippen molar-refractivity contribution in [1.29, 1.82) is 0 Å². The lowest BCUT2D eigenvalue weighted by Gasteiger charge is -2.35. The molecular weight excluding hydrogens is 250 g/mol. The lowest BCUT2D eigenvalue weighted by molar-refractivity contribution is 0.141. The fourth-order valence-corrected chi connectivity index (χ4v) is 3.44. The standard InChI is InChI=1S/C15H27N5/c1-12-9-17-18-15(12)10-16-13-3-8-20(11-13)14-4-6-19(2)7-5-14/h9,13-14,16H,3-8,10-11H2,1-2H3,(H,17,18). The van der Waals surface area contributed by atoms with Crippen molar-refractivity contribution in [1.82, 2.24) is 25.3 Å². The minimum absolute atomic E-state index is 0.636. The van der Waals surface area contributed by atoms with Crippen LogP contribution in [0.2, 0.25) is 0 Å². The van der Waals surface area contributed by atoms with Gasteiger partial charge in [-0.2, -0.15) is 5.10 Å². The zero-order valence-corrected chi connectivity index (χ0v) is 12.7. The first kappa shape index (κ1) is 14.0. The normalized spacial score (nSPS) is 26.4. The molecule has 0 aromatic carbocycles. The van der Waals surface area contributed by atoms with Crippen molar-refractivity contribution in [3.05, 3.63) is 17.5 Å². The van der Waals surface area contributed by atoms with Crippen LogP contribution >= 0.6 is 0 Å². The van der Waals surface area contributed by atoms with Gasteiger partial charge in [0, 0.05) is 31.7 Å². The average Bonchev–Trinajstić information content (AvgIpc) is 3.06. The van der Waals surface area contributed by atoms with E-state index in [1.54, 1.807) is 0 Å². The van der Waals surface area contributed by atoms with Crippen molar-refractivity contribution < 1.29 is 0 Å². The van der Waals surface area contributed by atoms with Gasteiger partial charge in [0.15, 0.2) is 0 Å². The Morgan fingerprint density at radius 1 is 1.30 bits per heavy atom. The van der Waals surface area contributed by atoms with Gasteiger partial charge in [0.25, 0.3) is 0 Å². The van der Waals surface area contributed by atoms with Gasteiger partial charge in [0.05, 0.1) is 11.9 Å². The first-order chi connectivity index (χ1) is 9.72. The number of nitrogens with zero attached hydrogens (tertiary/aromatic N) is 3. The van der Waals surface area contributed by atoms with Gasteiger partial charge in [0.1, 0.15) is 0 Å². The summed E-state index contributed by atoms with van der Waals surface area (Å²) in [5.74, 6) is 0. The first-order valence-corrected chi connectivity index (χ1v) is 7.87. The Labute approximate surface area is 121 Å². The van der Waals surface area contributed by atoms with Crippen LogP contribution in [0.5, 0.6) is 0 Å². The molecule has 5 heteroatoms. The van der Waals surface area contributed by atoms with Gasteiger partial charge in [-0.15, -0.1) is 0 Å². The lowest BCUT2D eigenvalue weighted by atomic mass is 10.0. The van der Waals surface area contributed by atoms with Crippen LogP contribution in [0.15, 0.2) is 6.20 Å². The summed E-state index contributed by atoms with van der Waals surface area (Å²) in [5.41, 5.74) is 2.48. The molecule has 0 spiro atoms. The van der Waals surface area contributed by atoms with Crippen LogP contribution in [0.1, 0.15) is 30.5 Å². The molecule has 3 rings (SSSR count). The molecular formula is C15H27N5. The monoisotopic (exact) mass is 277 g/mol. The van der Waals surface area contributed by atoms with Crippen LogP contribution in [0.4, 0.5) is 0 Å². The fraction of sp³-hybridized carbons (Fsp3) is 0.800. The number of rotatable bonds is 4. The third-order valence-electron chi connectivity index (χ3n) is 4.93. The molecule has 1 atom stereocenters. The summed E-state index contributed by atoms with van der Waals surface area (Å²) in [4.78, 5) is 5.15. The van der Waals surface area contributed by atoms with E-state index in [1.165, 1.54) is 56.7 Å². The Hall–Kier alpha value is -0.910. The molecule has 2 aliphatic heterocycles. The van der Waals surface area contributed by atoms with Gasteiger partial charge >= 0.3 is 0 Å². The van der Waals surface area contributed by atoms with E-state index in [0.717, 1.165) is 12.6 Å². The molecule has 0 amide bonds. The quantitative estimate of drug-likeness (QED) is 0.861. The number of piperidine rings is 1. The topological polar surface area (TPSA) is 47.2 Å². The zero-order chi connectivity index (χ0) is 13.9. The second kappa shape index (κ2) is 6.24. The highest BCUT2D eigenvalue weighted by molar-refractivity contribution is 5.13. The van der Waals surface area contributed by atoms with E-state index in [1.807, 2.05) is 6.20 Å². The van der Waals surface area contributed by atoms with Crippen LogP contribution in [0.3, 0.4) is 0 Å². The summed E-state index contributed by atoms with van der Waals surface area (Å²) in [6.07, 6.45) is 5.85. The Kier molecular flexibility index (Phi) is 4.38. The highest BCUT2D eigenvalue weighted by Crippen LogP contribution is 2.21. The van der Waals surface area contributed by atoms with Gasteiger partial charge in [-0.05, 0) is 51.9 Å². The molecule has 0 bridgehead atoms. The van der Waals surface area contributed by atoms with Crippen molar-refractivity contribution >= 4 is 0 Å². The molecule has 0 aliphatic carbocycles. The Balaban J connectivity index is 1.44. The third kappa shape index (κ3) is 3.22. The maximum Gasteiger partial charge on any atom is 0.0519 e. The maximum atomic E-state index is 4.08. The molecule has 2 N–H and O–H groups in total. The van der Waals surface area contributed by atoms with Crippen LogP contribution in [-0.2, 0) is 6.54 Å². The Bertz CT molecular complexity index is 422. The van der Waals surface area contributed by atoms with E-state index in [9.17, 15) is 0 Å². The van der Waals surface area contributed by atoms with Crippen LogP contribution < -0.4 is 5.32 Å². The molecule has 1 aromatic rings. The van der Waals surface area contributed by atoms with E-state index in [2.05, 4.69) is 39.3 Å². The number of H-pyrrole nitrogens is 1. The summed E-state index contributed by atoms with van der Waals surface area (Å²) in [6, 6.07) is 1.45. The smallest absolute Gasteiger partial charge is 0.0519 e. The fourth-order valence-electron chi connectivity index (χ4n) is 3.44. The number of likely N-dealkylation sites (tertiary alicyclic amines) is 2. The molecule has 20 heavy (non-hydrogen) atoms. The minimum Gasteiger partial charge on any atom is -0.307 e. The number of aryl methyl sites for hydroxylation is 1. The van der Waals surface area contributed by atoms with Crippen LogP contribution in [0, 0.1) is 6.92 Å². The zero-order valence-electron chi connectivity index (χ0n) is 12.7. The summed E-state index contributed by atoms with van der Waals surface area (Å²) >= 11 is 0. The van der Waals surface area contributed by atoms with Crippen molar-refractivity contribution in [3.8, 4) is 0 Å². The molecule has 2 saturated heterocycles. The van der Waals surface area contributed by atoms with Gasteiger partial charge in [0.2, 0.25) is 0 Å². The number of hydrogen-bond donors (Lipinski definition) is 2. The summed E-state index contributed by atoms with van der Waals surface area (Å²) in [5, 5.41) is 10.8. The number of aromatic nitrogens is 2. The Morgan fingerprint density at radius 2 is 2.10 bits per heavy atom. The van der Waals surface area contributed by atoms with E-state index in [-0.39, 0.29) is 0 Å². The summed E-state index contributed by atoms with van der Waals surface area (Å²) in [6.45, 7) is 8.01. The lowest BCUT2D eigenvalue weighted by Crippen LogP contribution is -2.44. The average molecular weight is 277 g/mol. The number of hydrogen-bond acceptors (Lipinski definition) is 4. The number of aromatic amines is 1. The van der Waals surface area contributed by atoms with Crippen molar-refractivity contribution in [3.63, 3.8) is 0 Å². The minimum atomic E-state index is 0.636. The summed E-state index contributed by atoms with van der Waals surface area (Å²) < 4.78 is 0. The Morgan fingerprint density at radius 3 is 2.80 bits per heavy atom. The second-order valence-electron chi connectivity index (χ2n) is 6.43. The van der Waals surface area contributed by atoms with Crippen molar-refractivity contribution in [2.75, 3.05) is 33.2 Å². The molecule has 1 unspecified atom stereocenters. The SMILES string of the molecule is Cc1cn[nH]c1CNC1CCN(C2CCN(C)CC2)C1. The molecule has 0 radical (unpaired) electrons. The van der Waals surface area contributed by atoms with E-state index in [4.69, 9.17) is 0 Å². The van der Waals surface area contributed by atoms with Crippen LogP contribution in [0.25, 0.3) is 0 Å². The molecule has 2 aliphatic rings. The van der Waals surface area contributed by atoms with Gasteiger partial charge in [-0.1, -0.05) is 0 Å². The van der Waals surface area contributed by atoms with Gasteiger partial charge < -0.3 is 10.2 Å². The van der Waals surface area contributed by atoms with Crippen molar-refractivity contribution in [2.45, 2.75) is 44.8 Å². The third-order valence-corrected chi connectivity index (χ3v) is 4.93. The molecule has 112 valence electrons. The predicted octanol–water partition coefficient (Wildman–Crippen LogP) is 0.976. The molecule has 2 fully saturated rings. The van der Waals surface area contributed by atoms with Gasteiger partial charge in [-0.3, -0.25) is 10.00 Å². The molecule has 1 aromatic heterocycles. The maximum absolute atomic E-state index is 4.08. The molecule has 0 saturated carbocycles. The number of nitrogens with one attached hydrogen (secondary N) is 2. The highest BCUT2D eigenvalue weighted by Gasteiger charge is 2.29. The van der Waals surface area contributed by atoms with E-state index in [0.29, 0.717) is 6.04 Å². The van der Waals surface area contributed by atoms with Crippen molar-refractivity contribution in [2.24, 2.45) is 0 Å². The van der Waals surface area contributed by atoms with Crippen LogP contribution in [-0.4, -0.2) is 65.3 Å². The summed E-state index contributed by atoms with van der Waals surface area (Å²) in [7, 11) is 2.23. The molecule has 5 nitrogen and oxygen atoms in total. The largest absolute Gasteiger partial charge is 0.307 e. The predicted molar refractivity (Wildman–Crippen MR) is 80.7 cm³/mol. The van der Waals surface area contributed by atoms with Gasteiger partial charge in [-0.25, -0.2) is 0 Å². The highest BCUT2D eigenvalue weighted by atomic mass is 15.2. The molecule has 3 heterocycles. The van der Waals surface area contributed by atoms with E-state index >= 15 is 0 Å². The second-order valence-corrected chi connectivity index (χ2v) is 6.43. The first-order valence-electron chi connectivity index (χ1n) is 7.87.